The van der Waals surface area contributed by atoms with Gasteiger partial charge in [0, 0.05) is 24.3 Å². The molecule has 1 fully saturated rings. The number of halogens is 2. The van der Waals surface area contributed by atoms with Gasteiger partial charge in [0.05, 0.1) is 19.6 Å². The van der Waals surface area contributed by atoms with E-state index in [-0.39, 0.29) is 12.3 Å². The third-order valence-corrected chi connectivity index (χ3v) is 3.16. The topological polar surface area (TPSA) is 42.4 Å². The highest BCUT2D eigenvalue weighted by atomic mass is 35.5. The predicted octanol–water partition coefficient (Wildman–Crippen LogP) is 1.79. The molecule has 0 unspecified atom stereocenters. The van der Waals surface area contributed by atoms with Crippen LogP contribution in [0.1, 0.15) is 5.56 Å². The molecule has 0 bridgehead atoms. The number of morpholine rings is 1. The van der Waals surface area contributed by atoms with Crippen LogP contribution in [0, 0.1) is 0 Å². The van der Waals surface area contributed by atoms with Crippen molar-refractivity contribution in [3.05, 3.63) is 28.0 Å². The van der Waals surface area contributed by atoms with Gasteiger partial charge in [0.15, 0.2) is 0 Å². The number of hydrogen-bond acceptors (Lipinski definition) is 3. The first-order chi connectivity index (χ1) is 8.16. The second kappa shape index (κ2) is 5.67. The van der Waals surface area contributed by atoms with Crippen LogP contribution < -0.4 is 0 Å². The number of carbonyl (C=O) groups is 1. The lowest BCUT2D eigenvalue weighted by atomic mass is 10.2. The molecule has 17 heavy (non-hydrogen) atoms. The molecule has 1 saturated heterocycles. The predicted molar refractivity (Wildman–Crippen MR) is 65.4 cm³/mol. The zero-order valence-corrected chi connectivity index (χ0v) is 10.7. The molecule has 92 valence electrons. The van der Waals surface area contributed by atoms with Crippen LogP contribution >= 0.6 is 23.2 Å². The number of amides is 1. The maximum atomic E-state index is 12.0. The Morgan fingerprint density at radius 1 is 1.41 bits per heavy atom. The van der Waals surface area contributed by atoms with E-state index in [1.807, 2.05) is 0 Å². The summed E-state index contributed by atoms with van der Waals surface area (Å²) < 4.78 is 5.19. The van der Waals surface area contributed by atoms with Crippen molar-refractivity contribution in [1.29, 1.82) is 0 Å². The van der Waals surface area contributed by atoms with Crippen LogP contribution in [0.5, 0.6) is 0 Å². The Morgan fingerprint density at radius 2 is 2.12 bits per heavy atom. The first-order valence-electron chi connectivity index (χ1n) is 5.32. The minimum Gasteiger partial charge on any atom is -0.378 e. The van der Waals surface area contributed by atoms with Gasteiger partial charge in [-0.2, -0.15) is 0 Å². The lowest BCUT2D eigenvalue weighted by Crippen LogP contribution is -2.41. The second-order valence-electron chi connectivity index (χ2n) is 3.77. The summed E-state index contributed by atoms with van der Waals surface area (Å²) in [5, 5.41) is 0.809. The number of rotatable bonds is 2. The molecule has 0 N–H and O–H groups in total. The van der Waals surface area contributed by atoms with E-state index >= 15 is 0 Å². The molecule has 1 aliphatic rings. The van der Waals surface area contributed by atoms with Crippen LogP contribution in [0.25, 0.3) is 0 Å². The van der Waals surface area contributed by atoms with E-state index in [2.05, 4.69) is 4.98 Å². The summed E-state index contributed by atoms with van der Waals surface area (Å²) in [4.78, 5) is 17.7. The quantitative estimate of drug-likeness (QED) is 0.773. The molecule has 0 aliphatic carbocycles. The van der Waals surface area contributed by atoms with E-state index in [0.29, 0.717) is 42.0 Å². The minimum absolute atomic E-state index is 0.0410. The largest absolute Gasteiger partial charge is 0.378 e. The Hall–Kier alpha value is -0.840. The van der Waals surface area contributed by atoms with Gasteiger partial charge in [-0.05, 0) is 11.6 Å². The molecule has 0 aromatic carbocycles. The average molecular weight is 275 g/mol. The normalized spacial score (nSPS) is 16.0. The van der Waals surface area contributed by atoms with Gasteiger partial charge < -0.3 is 9.64 Å². The molecule has 4 nitrogen and oxygen atoms in total. The number of nitrogens with zero attached hydrogens (tertiary/aromatic N) is 2. The highest BCUT2D eigenvalue weighted by Crippen LogP contribution is 2.19. The Labute approximate surface area is 109 Å². The van der Waals surface area contributed by atoms with E-state index in [4.69, 9.17) is 27.9 Å². The van der Waals surface area contributed by atoms with Gasteiger partial charge in [0.1, 0.15) is 5.15 Å². The van der Waals surface area contributed by atoms with Crippen LogP contribution in [0.15, 0.2) is 12.3 Å². The SMILES string of the molecule is O=C(Cc1cnc(Cl)cc1Cl)N1CCOCC1. The van der Waals surface area contributed by atoms with Gasteiger partial charge in [-0.15, -0.1) is 0 Å². The lowest BCUT2D eigenvalue weighted by molar-refractivity contribution is -0.134. The average Bonchev–Trinajstić information content (AvgIpc) is 2.34. The van der Waals surface area contributed by atoms with Gasteiger partial charge >= 0.3 is 0 Å². The molecule has 0 radical (unpaired) electrons. The molecule has 0 saturated carbocycles. The molecule has 2 rings (SSSR count). The van der Waals surface area contributed by atoms with Crippen molar-refractivity contribution in [1.82, 2.24) is 9.88 Å². The van der Waals surface area contributed by atoms with Crippen molar-refractivity contribution in [3.63, 3.8) is 0 Å². The fraction of sp³-hybridized carbons (Fsp3) is 0.455. The Kier molecular flexibility index (Phi) is 4.20. The lowest BCUT2D eigenvalue weighted by Gasteiger charge is -2.26. The zero-order valence-electron chi connectivity index (χ0n) is 9.16. The molecule has 2 heterocycles. The molecular formula is C11H12Cl2N2O2. The molecule has 1 aromatic heterocycles. The summed E-state index contributed by atoms with van der Waals surface area (Å²) in [6.07, 6.45) is 1.80. The summed E-state index contributed by atoms with van der Waals surface area (Å²) in [7, 11) is 0. The van der Waals surface area contributed by atoms with Crippen molar-refractivity contribution in [3.8, 4) is 0 Å². The van der Waals surface area contributed by atoms with Gasteiger partial charge in [-0.3, -0.25) is 4.79 Å². The molecular weight excluding hydrogens is 263 g/mol. The van der Waals surface area contributed by atoms with Crippen LogP contribution in [0.2, 0.25) is 10.2 Å². The van der Waals surface area contributed by atoms with E-state index in [0.717, 1.165) is 0 Å². The smallest absolute Gasteiger partial charge is 0.227 e. The van der Waals surface area contributed by atoms with Crippen molar-refractivity contribution in [2.75, 3.05) is 26.3 Å². The maximum absolute atomic E-state index is 12.0. The van der Waals surface area contributed by atoms with Crippen LogP contribution in [-0.4, -0.2) is 42.1 Å². The molecule has 1 aromatic rings. The standard InChI is InChI=1S/C11H12Cl2N2O2/c12-9-6-10(13)14-7-8(9)5-11(16)15-1-3-17-4-2-15/h6-7H,1-5H2. The first-order valence-corrected chi connectivity index (χ1v) is 6.08. The van der Waals surface area contributed by atoms with E-state index < -0.39 is 0 Å². The summed E-state index contributed by atoms with van der Waals surface area (Å²) in [5.41, 5.74) is 0.701. The number of ether oxygens (including phenoxy) is 1. The van der Waals surface area contributed by atoms with Crippen LogP contribution in [0.4, 0.5) is 0 Å². The van der Waals surface area contributed by atoms with Crippen LogP contribution in [0.3, 0.4) is 0 Å². The summed E-state index contributed by atoms with van der Waals surface area (Å²) in [6, 6.07) is 1.55. The number of pyridine rings is 1. The summed E-state index contributed by atoms with van der Waals surface area (Å²) in [6.45, 7) is 2.46. The fourth-order valence-corrected chi connectivity index (χ4v) is 2.09. The molecule has 0 atom stereocenters. The highest BCUT2D eigenvalue weighted by molar-refractivity contribution is 6.34. The van der Waals surface area contributed by atoms with Gasteiger partial charge in [-0.25, -0.2) is 4.98 Å². The Bertz CT molecular complexity index is 420. The first kappa shape index (κ1) is 12.6. The highest BCUT2D eigenvalue weighted by Gasteiger charge is 2.18. The number of carbonyl (C=O) groups excluding carboxylic acids is 1. The second-order valence-corrected chi connectivity index (χ2v) is 4.56. The third kappa shape index (κ3) is 3.31. The number of hydrogen-bond donors (Lipinski definition) is 0. The monoisotopic (exact) mass is 274 g/mol. The van der Waals surface area contributed by atoms with Crippen molar-refractivity contribution in [2.24, 2.45) is 0 Å². The minimum atomic E-state index is 0.0410. The van der Waals surface area contributed by atoms with E-state index in [1.54, 1.807) is 17.2 Å². The zero-order chi connectivity index (χ0) is 12.3. The molecule has 0 spiro atoms. The molecule has 1 aliphatic heterocycles. The maximum Gasteiger partial charge on any atom is 0.227 e. The molecule has 6 heteroatoms. The van der Waals surface area contributed by atoms with E-state index in [1.165, 1.54) is 0 Å². The van der Waals surface area contributed by atoms with E-state index in [9.17, 15) is 4.79 Å². The number of aromatic nitrogens is 1. The fourth-order valence-electron chi connectivity index (χ4n) is 1.65. The van der Waals surface area contributed by atoms with Gasteiger partial charge in [0.25, 0.3) is 0 Å². The van der Waals surface area contributed by atoms with Gasteiger partial charge in [-0.1, -0.05) is 23.2 Å². The van der Waals surface area contributed by atoms with Gasteiger partial charge in [0.2, 0.25) is 5.91 Å². The summed E-state index contributed by atoms with van der Waals surface area (Å²) >= 11 is 11.7. The van der Waals surface area contributed by atoms with Crippen LogP contribution in [-0.2, 0) is 16.0 Å². The van der Waals surface area contributed by atoms with Crippen molar-refractivity contribution in [2.45, 2.75) is 6.42 Å². The third-order valence-electron chi connectivity index (χ3n) is 2.60. The summed E-state index contributed by atoms with van der Waals surface area (Å²) in [5.74, 6) is 0.0410. The Morgan fingerprint density at radius 3 is 2.76 bits per heavy atom. The molecule has 1 amide bonds. The van der Waals surface area contributed by atoms with Crippen molar-refractivity contribution >= 4 is 29.1 Å². The van der Waals surface area contributed by atoms with Crippen molar-refractivity contribution < 1.29 is 9.53 Å². The Balaban J connectivity index is 2.02.